The molecule has 0 spiro atoms. The van der Waals surface area contributed by atoms with Gasteiger partial charge < -0.3 is 10.1 Å². The first kappa shape index (κ1) is 12.4. The lowest BCUT2D eigenvalue weighted by atomic mass is 9.99. The number of benzene rings is 1. The van der Waals surface area contributed by atoms with Crippen molar-refractivity contribution in [3.8, 4) is 11.8 Å². The van der Waals surface area contributed by atoms with Crippen LogP contribution in [0.15, 0.2) is 18.2 Å². The first-order valence-corrected chi connectivity index (χ1v) is 5.79. The van der Waals surface area contributed by atoms with Crippen molar-refractivity contribution in [1.82, 2.24) is 5.32 Å². The molecular formula is C13H13FN2O2. The highest BCUT2D eigenvalue weighted by Gasteiger charge is 2.20. The zero-order valence-corrected chi connectivity index (χ0v) is 9.78. The van der Waals surface area contributed by atoms with Gasteiger partial charge in [-0.2, -0.15) is 5.26 Å². The highest BCUT2D eigenvalue weighted by Crippen LogP contribution is 2.22. The number of ether oxygens (including phenoxy) is 1. The molecule has 1 heterocycles. The Balaban J connectivity index is 2.00. The summed E-state index contributed by atoms with van der Waals surface area (Å²) in [4.78, 5) is 11.2. The molecule has 0 radical (unpaired) electrons. The van der Waals surface area contributed by atoms with E-state index >= 15 is 0 Å². The van der Waals surface area contributed by atoms with Crippen LogP contribution in [-0.2, 0) is 4.79 Å². The van der Waals surface area contributed by atoms with E-state index in [-0.39, 0.29) is 23.1 Å². The van der Waals surface area contributed by atoms with Gasteiger partial charge in [0, 0.05) is 18.9 Å². The standard InChI is InChI=1S/C13H13FN2O2/c14-11-2-1-3-12(10(11)7-15)18-8-9-4-5-16-13(17)6-9/h1-3,9H,4-6,8H2,(H,16,17). The molecule has 1 aliphatic heterocycles. The zero-order valence-electron chi connectivity index (χ0n) is 9.78. The van der Waals surface area contributed by atoms with Crippen molar-refractivity contribution >= 4 is 5.91 Å². The number of rotatable bonds is 3. The lowest BCUT2D eigenvalue weighted by Crippen LogP contribution is -2.35. The number of nitrogens with zero attached hydrogens (tertiary/aromatic N) is 1. The Hall–Kier alpha value is -2.09. The van der Waals surface area contributed by atoms with Crippen molar-refractivity contribution in [2.45, 2.75) is 12.8 Å². The monoisotopic (exact) mass is 248 g/mol. The molecule has 5 heteroatoms. The predicted molar refractivity (Wildman–Crippen MR) is 62.3 cm³/mol. The summed E-state index contributed by atoms with van der Waals surface area (Å²) >= 11 is 0. The summed E-state index contributed by atoms with van der Waals surface area (Å²) < 4.78 is 18.8. The third kappa shape index (κ3) is 2.77. The summed E-state index contributed by atoms with van der Waals surface area (Å²) in [7, 11) is 0. The van der Waals surface area contributed by atoms with E-state index < -0.39 is 5.82 Å². The van der Waals surface area contributed by atoms with Gasteiger partial charge in [-0.15, -0.1) is 0 Å². The Bertz CT molecular complexity index is 496. The van der Waals surface area contributed by atoms with Gasteiger partial charge in [-0.1, -0.05) is 6.07 Å². The van der Waals surface area contributed by atoms with Crippen molar-refractivity contribution in [1.29, 1.82) is 5.26 Å². The van der Waals surface area contributed by atoms with Gasteiger partial charge in [-0.25, -0.2) is 4.39 Å². The van der Waals surface area contributed by atoms with Gasteiger partial charge in [0.1, 0.15) is 23.2 Å². The van der Waals surface area contributed by atoms with E-state index in [1.165, 1.54) is 12.1 Å². The smallest absolute Gasteiger partial charge is 0.220 e. The SMILES string of the molecule is N#Cc1c(F)cccc1OCC1CCNC(=O)C1. The van der Waals surface area contributed by atoms with E-state index in [0.29, 0.717) is 19.6 Å². The Morgan fingerprint density at radius 1 is 1.56 bits per heavy atom. The van der Waals surface area contributed by atoms with Crippen LogP contribution in [0.1, 0.15) is 18.4 Å². The Morgan fingerprint density at radius 2 is 2.39 bits per heavy atom. The van der Waals surface area contributed by atoms with Gasteiger partial charge in [0.05, 0.1) is 6.61 Å². The lowest BCUT2D eigenvalue weighted by Gasteiger charge is -2.22. The van der Waals surface area contributed by atoms with Crippen LogP contribution in [0.4, 0.5) is 4.39 Å². The molecule has 0 saturated carbocycles. The van der Waals surface area contributed by atoms with Crippen LogP contribution in [0, 0.1) is 23.1 Å². The van der Waals surface area contributed by atoms with Gasteiger partial charge in [0.15, 0.2) is 0 Å². The summed E-state index contributed by atoms with van der Waals surface area (Å²) in [5.74, 6) is -0.219. The van der Waals surface area contributed by atoms with Crippen LogP contribution in [-0.4, -0.2) is 19.1 Å². The Morgan fingerprint density at radius 3 is 3.11 bits per heavy atom. The predicted octanol–water partition coefficient (Wildman–Crippen LogP) is 1.60. The number of halogens is 1. The first-order chi connectivity index (χ1) is 8.70. The molecule has 94 valence electrons. The van der Waals surface area contributed by atoms with E-state index in [1.54, 1.807) is 12.1 Å². The summed E-state index contributed by atoms with van der Waals surface area (Å²) in [6, 6.07) is 6.06. The van der Waals surface area contributed by atoms with Crippen LogP contribution in [0.2, 0.25) is 0 Å². The molecule has 1 atom stereocenters. The lowest BCUT2D eigenvalue weighted by molar-refractivity contribution is -0.123. The molecule has 1 fully saturated rings. The maximum absolute atomic E-state index is 13.3. The number of hydrogen-bond acceptors (Lipinski definition) is 3. The van der Waals surface area contributed by atoms with E-state index in [9.17, 15) is 9.18 Å². The molecule has 1 aliphatic rings. The molecule has 0 aliphatic carbocycles. The fraction of sp³-hybridized carbons (Fsp3) is 0.385. The zero-order chi connectivity index (χ0) is 13.0. The third-order valence-corrected chi connectivity index (χ3v) is 2.91. The molecule has 0 bridgehead atoms. The summed E-state index contributed by atoms with van der Waals surface area (Å²) in [6.07, 6.45) is 1.25. The molecule has 1 unspecified atom stereocenters. The number of amides is 1. The molecule has 1 aromatic rings. The van der Waals surface area contributed by atoms with Crippen LogP contribution in [0.3, 0.4) is 0 Å². The molecule has 1 N–H and O–H groups in total. The molecule has 1 amide bonds. The molecule has 1 saturated heterocycles. The fourth-order valence-electron chi connectivity index (χ4n) is 1.94. The van der Waals surface area contributed by atoms with Crippen molar-refractivity contribution < 1.29 is 13.9 Å². The first-order valence-electron chi connectivity index (χ1n) is 5.79. The highest BCUT2D eigenvalue weighted by molar-refractivity contribution is 5.76. The van der Waals surface area contributed by atoms with Gasteiger partial charge in [0.25, 0.3) is 0 Å². The molecule has 2 rings (SSSR count). The van der Waals surface area contributed by atoms with Crippen LogP contribution in [0.25, 0.3) is 0 Å². The third-order valence-electron chi connectivity index (χ3n) is 2.91. The van der Waals surface area contributed by atoms with Crippen molar-refractivity contribution in [3.63, 3.8) is 0 Å². The number of nitriles is 1. The van der Waals surface area contributed by atoms with E-state index in [2.05, 4.69) is 5.32 Å². The van der Waals surface area contributed by atoms with E-state index in [0.717, 1.165) is 6.42 Å². The molecule has 18 heavy (non-hydrogen) atoms. The van der Waals surface area contributed by atoms with Crippen molar-refractivity contribution in [3.05, 3.63) is 29.6 Å². The molecular weight excluding hydrogens is 235 g/mol. The Labute approximate surface area is 104 Å². The van der Waals surface area contributed by atoms with Gasteiger partial charge in [-0.05, 0) is 18.6 Å². The quantitative estimate of drug-likeness (QED) is 0.883. The van der Waals surface area contributed by atoms with Crippen molar-refractivity contribution in [2.75, 3.05) is 13.2 Å². The number of piperidine rings is 1. The maximum atomic E-state index is 13.3. The van der Waals surface area contributed by atoms with Gasteiger partial charge in [0.2, 0.25) is 5.91 Å². The van der Waals surface area contributed by atoms with E-state index in [4.69, 9.17) is 10.00 Å². The largest absolute Gasteiger partial charge is 0.492 e. The second-order valence-corrected chi connectivity index (χ2v) is 4.24. The van der Waals surface area contributed by atoms with Crippen LogP contribution < -0.4 is 10.1 Å². The minimum absolute atomic E-state index is 0.00889. The van der Waals surface area contributed by atoms with Crippen molar-refractivity contribution in [2.24, 2.45) is 5.92 Å². The van der Waals surface area contributed by atoms with Gasteiger partial charge in [-0.3, -0.25) is 4.79 Å². The minimum Gasteiger partial charge on any atom is -0.492 e. The maximum Gasteiger partial charge on any atom is 0.220 e. The van der Waals surface area contributed by atoms with Crippen LogP contribution in [0.5, 0.6) is 5.75 Å². The normalized spacial score (nSPS) is 18.9. The number of carbonyl (C=O) groups excluding carboxylic acids is 1. The summed E-state index contributed by atoms with van der Waals surface area (Å²) in [5.41, 5.74) is -0.0854. The van der Waals surface area contributed by atoms with Crippen LogP contribution >= 0.6 is 0 Å². The molecule has 1 aromatic carbocycles. The second kappa shape index (κ2) is 5.50. The van der Waals surface area contributed by atoms with E-state index in [1.807, 2.05) is 0 Å². The highest BCUT2D eigenvalue weighted by atomic mass is 19.1. The number of carbonyl (C=O) groups is 1. The van der Waals surface area contributed by atoms with Gasteiger partial charge >= 0.3 is 0 Å². The summed E-state index contributed by atoms with van der Waals surface area (Å²) in [6.45, 7) is 0.965. The molecule has 0 aromatic heterocycles. The average Bonchev–Trinajstić information content (AvgIpc) is 2.36. The topological polar surface area (TPSA) is 62.1 Å². The summed E-state index contributed by atoms with van der Waals surface area (Å²) in [5, 5.41) is 11.6. The minimum atomic E-state index is -0.587. The number of nitrogens with one attached hydrogen (secondary N) is 1. The second-order valence-electron chi connectivity index (χ2n) is 4.24. The number of hydrogen-bond donors (Lipinski definition) is 1. The average molecular weight is 248 g/mol. The molecule has 4 nitrogen and oxygen atoms in total. The fourth-order valence-corrected chi connectivity index (χ4v) is 1.94. The Kier molecular flexibility index (Phi) is 3.78.